The predicted octanol–water partition coefficient (Wildman–Crippen LogP) is 3.67. The highest BCUT2D eigenvalue weighted by Crippen LogP contribution is 2.19. The predicted molar refractivity (Wildman–Crippen MR) is 79.5 cm³/mol. The van der Waals surface area contributed by atoms with E-state index in [4.69, 9.17) is 5.26 Å². The summed E-state index contributed by atoms with van der Waals surface area (Å²) in [4.78, 5) is 7.08. The lowest BCUT2D eigenvalue weighted by Gasteiger charge is -2.15. The first-order valence-electron chi connectivity index (χ1n) is 6.28. The number of pyridine rings is 1. The molecule has 0 radical (unpaired) electrons. The number of aromatic nitrogens is 1. The molecule has 0 aliphatic rings. The Kier molecular flexibility index (Phi) is 4.18. The number of rotatable bonds is 4. The summed E-state index contributed by atoms with van der Waals surface area (Å²) in [5, 5.41) is 12.4. The first-order chi connectivity index (χ1) is 9.08. The van der Waals surface area contributed by atoms with Crippen LogP contribution in [0.15, 0.2) is 24.3 Å². The molecule has 0 aliphatic carbocycles. The molecule has 0 amide bonds. The Bertz CT molecular complexity index is 610. The average Bonchev–Trinajstić information content (AvgIpc) is 2.75. The van der Waals surface area contributed by atoms with Crippen LogP contribution in [0.4, 0.5) is 5.82 Å². The lowest BCUT2D eigenvalue weighted by atomic mass is 10.2. The molecule has 1 N–H and O–H groups in total. The van der Waals surface area contributed by atoms with Gasteiger partial charge in [0.15, 0.2) is 0 Å². The maximum absolute atomic E-state index is 9.09. The molecule has 0 fully saturated rings. The Morgan fingerprint density at radius 2 is 2.11 bits per heavy atom. The van der Waals surface area contributed by atoms with Gasteiger partial charge >= 0.3 is 0 Å². The number of nitrogens with one attached hydrogen (secondary N) is 1. The van der Waals surface area contributed by atoms with Crippen molar-refractivity contribution in [3.63, 3.8) is 0 Å². The zero-order valence-electron chi connectivity index (χ0n) is 11.4. The molecule has 0 saturated carbocycles. The molecule has 2 aromatic rings. The number of nitrogens with zero attached hydrogens (tertiary/aromatic N) is 2. The van der Waals surface area contributed by atoms with E-state index in [2.05, 4.69) is 42.4 Å². The third-order valence-corrected chi connectivity index (χ3v) is 3.86. The van der Waals surface area contributed by atoms with Gasteiger partial charge in [-0.3, -0.25) is 0 Å². The molecule has 2 heterocycles. The highest BCUT2D eigenvalue weighted by Gasteiger charge is 2.09. The highest BCUT2D eigenvalue weighted by molar-refractivity contribution is 7.11. The fraction of sp³-hybridized carbons (Fsp3) is 0.333. The van der Waals surface area contributed by atoms with Crippen molar-refractivity contribution in [2.24, 2.45) is 0 Å². The normalized spacial score (nSPS) is 11.9. The van der Waals surface area contributed by atoms with Crippen molar-refractivity contribution in [2.45, 2.75) is 33.2 Å². The van der Waals surface area contributed by atoms with Crippen molar-refractivity contribution in [3.05, 3.63) is 45.3 Å². The van der Waals surface area contributed by atoms with E-state index in [9.17, 15) is 0 Å². The molecule has 2 rings (SSSR count). The summed E-state index contributed by atoms with van der Waals surface area (Å²) >= 11 is 1.81. The van der Waals surface area contributed by atoms with Gasteiger partial charge < -0.3 is 5.32 Å². The minimum absolute atomic E-state index is 0.249. The number of anilines is 1. The van der Waals surface area contributed by atoms with Crippen LogP contribution >= 0.6 is 11.3 Å². The molecule has 2 aromatic heterocycles. The number of aryl methyl sites for hydroxylation is 2. The highest BCUT2D eigenvalue weighted by atomic mass is 32.1. The van der Waals surface area contributed by atoms with Crippen LogP contribution in [-0.4, -0.2) is 11.0 Å². The van der Waals surface area contributed by atoms with Crippen molar-refractivity contribution < 1.29 is 0 Å². The smallest absolute Gasteiger partial charge is 0.144 e. The maximum atomic E-state index is 9.09. The van der Waals surface area contributed by atoms with Crippen LogP contribution in [0.25, 0.3) is 0 Å². The molecule has 0 spiro atoms. The van der Waals surface area contributed by atoms with Crippen LogP contribution in [0.3, 0.4) is 0 Å². The molecule has 0 aliphatic heterocycles. The maximum Gasteiger partial charge on any atom is 0.144 e. The number of hydrogen-bond donors (Lipinski definition) is 1. The SMILES string of the molecule is Cc1ccc(C#N)c(NC(C)Cc2ccc(C)s2)n1. The van der Waals surface area contributed by atoms with Crippen LogP contribution < -0.4 is 5.32 Å². The molecule has 1 atom stereocenters. The number of hydrogen-bond acceptors (Lipinski definition) is 4. The lowest BCUT2D eigenvalue weighted by Crippen LogP contribution is -2.19. The van der Waals surface area contributed by atoms with Crippen molar-refractivity contribution >= 4 is 17.2 Å². The second-order valence-corrected chi connectivity index (χ2v) is 6.09. The van der Waals surface area contributed by atoms with E-state index in [1.807, 2.05) is 30.4 Å². The van der Waals surface area contributed by atoms with Gasteiger partial charge in [0, 0.05) is 27.9 Å². The van der Waals surface area contributed by atoms with Crippen LogP contribution in [0.1, 0.15) is 27.9 Å². The Labute approximate surface area is 117 Å². The molecule has 3 nitrogen and oxygen atoms in total. The minimum Gasteiger partial charge on any atom is -0.366 e. The van der Waals surface area contributed by atoms with E-state index in [0.717, 1.165) is 12.1 Å². The van der Waals surface area contributed by atoms with Gasteiger partial charge in [0.1, 0.15) is 11.9 Å². The van der Waals surface area contributed by atoms with Gasteiger partial charge in [-0.15, -0.1) is 11.3 Å². The van der Waals surface area contributed by atoms with Gasteiger partial charge in [-0.05, 0) is 45.0 Å². The summed E-state index contributed by atoms with van der Waals surface area (Å²) in [5.74, 6) is 0.684. The molecule has 0 bridgehead atoms. The zero-order chi connectivity index (χ0) is 13.8. The Morgan fingerprint density at radius 1 is 1.32 bits per heavy atom. The van der Waals surface area contributed by atoms with Crippen LogP contribution in [0.2, 0.25) is 0 Å². The monoisotopic (exact) mass is 271 g/mol. The second kappa shape index (κ2) is 5.85. The zero-order valence-corrected chi connectivity index (χ0v) is 12.2. The van der Waals surface area contributed by atoms with Gasteiger partial charge in [0.2, 0.25) is 0 Å². The lowest BCUT2D eigenvalue weighted by molar-refractivity contribution is 0.793. The number of nitriles is 1. The quantitative estimate of drug-likeness (QED) is 0.923. The first-order valence-corrected chi connectivity index (χ1v) is 7.09. The van der Waals surface area contributed by atoms with Crippen molar-refractivity contribution in [1.82, 2.24) is 4.98 Å². The van der Waals surface area contributed by atoms with Crippen LogP contribution in [0, 0.1) is 25.2 Å². The van der Waals surface area contributed by atoms with Crippen molar-refractivity contribution in [3.8, 4) is 6.07 Å². The summed E-state index contributed by atoms with van der Waals surface area (Å²) in [6.45, 7) is 6.15. The van der Waals surface area contributed by atoms with E-state index < -0.39 is 0 Å². The Hall–Kier alpha value is -1.86. The van der Waals surface area contributed by atoms with Crippen molar-refractivity contribution in [1.29, 1.82) is 5.26 Å². The standard InChI is InChI=1S/C15H17N3S/c1-10-4-6-13(9-16)15(17-10)18-11(2)8-14-7-5-12(3)19-14/h4-7,11H,8H2,1-3H3,(H,17,18). The molecule has 19 heavy (non-hydrogen) atoms. The van der Waals surface area contributed by atoms with Gasteiger partial charge in [-0.25, -0.2) is 4.98 Å². The molecule has 4 heteroatoms. The second-order valence-electron chi connectivity index (χ2n) is 4.72. The largest absolute Gasteiger partial charge is 0.366 e. The third-order valence-electron chi connectivity index (χ3n) is 2.84. The fourth-order valence-corrected chi connectivity index (χ4v) is 2.96. The summed E-state index contributed by atoms with van der Waals surface area (Å²) in [5.41, 5.74) is 1.51. The van der Waals surface area contributed by atoms with Gasteiger partial charge in [0.05, 0.1) is 5.56 Å². The molecule has 0 aromatic carbocycles. The molecule has 0 saturated heterocycles. The van der Waals surface area contributed by atoms with Gasteiger partial charge in [0.25, 0.3) is 0 Å². The minimum atomic E-state index is 0.249. The third kappa shape index (κ3) is 3.55. The van der Waals surface area contributed by atoms with E-state index in [0.29, 0.717) is 11.4 Å². The Balaban J connectivity index is 2.08. The van der Waals surface area contributed by atoms with Gasteiger partial charge in [-0.2, -0.15) is 5.26 Å². The summed E-state index contributed by atoms with van der Waals surface area (Å²) in [6.07, 6.45) is 0.943. The molecule has 1 unspecified atom stereocenters. The molecular formula is C15H17N3S. The number of thiophene rings is 1. The summed E-state index contributed by atoms with van der Waals surface area (Å²) < 4.78 is 0. The van der Waals surface area contributed by atoms with Crippen LogP contribution in [-0.2, 0) is 6.42 Å². The molecular weight excluding hydrogens is 254 g/mol. The Morgan fingerprint density at radius 3 is 2.74 bits per heavy atom. The molecule has 98 valence electrons. The van der Waals surface area contributed by atoms with E-state index >= 15 is 0 Å². The summed E-state index contributed by atoms with van der Waals surface area (Å²) in [7, 11) is 0. The van der Waals surface area contributed by atoms with E-state index in [1.165, 1.54) is 9.75 Å². The average molecular weight is 271 g/mol. The summed E-state index contributed by atoms with van der Waals surface area (Å²) in [6, 6.07) is 10.4. The van der Waals surface area contributed by atoms with E-state index in [-0.39, 0.29) is 6.04 Å². The first kappa shape index (κ1) is 13.6. The fourth-order valence-electron chi connectivity index (χ4n) is 1.94. The topological polar surface area (TPSA) is 48.7 Å². The van der Waals surface area contributed by atoms with Crippen molar-refractivity contribution in [2.75, 3.05) is 5.32 Å². The van der Waals surface area contributed by atoms with E-state index in [1.54, 1.807) is 0 Å². The van der Waals surface area contributed by atoms with Gasteiger partial charge in [-0.1, -0.05) is 0 Å². The van der Waals surface area contributed by atoms with Crippen LogP contribution in [0.5, 0.6) is 0 Å².